The number of amides is 1. The van der Waals surface area contributed by atoms with E-state index in [0.717, 1.165) is 12.2 Å². The molecule has 0 aliphatic rings. The van der Waals surface area contributed by atoms with Crippen molar-refractivity contribution in [2.24, 2.45) is 0 Å². The van der Waals surface area contributed by atoms with Gasteiger partial charge >= 0.3 is 0 Å². The van der Waals surface area contributed by atoms with E-state index in [2.05, 4.69) is 35.8 Å². The second kappa shape index (κ2) is 8.30. The first-order chi connectivity index (χ1) is 12.6. The summed E-state index contributed by atoms with van der Waals surface area (Å²) in [7, 11) is 0. The lowest BCUT2D eigenvalue weighted by Crippen LogP contribution is -2.14. The third-order valence-electron chi connectivity index (χ3n) is 4.00. The summed E-state index contributed by atoms with van der Waals surface area (Å²) < 4.78 is 13.2. The van der Waals surface area contributed by atoms with E-state index in [1.54, 1.807) is 12.1 Å². The average molecular weight is 348 g/mol. The SMILES string of the molecule is Cc1cccc(CNc2ccc(NC(=O)Cc3cccc(F)c3)cc2)c1. The normalized spacial score (nSPS) is 10.4. The minimum absolute atomic E-state index is 0.144. The first kappa shape index (κ1) is 17.7. The van der Waals surface area contributed by atoms with Gasteiger partial charge in [-0.1, -0.05) is 42.0 Å². The van der Waals surface area contributed by atoms with Gasteiger partial charge in [-0.2, -0.15) is 0 Å². The van der Waals surface area contributed by atoms with Crippen LogP contribution in [0, 0.1) is 12.7 Å². The zero-order chi connectivity index (χ0) is 18.4. The van der Waals surface area contributed by atoms with E-state index in [1.165, 1.54) is 23.3 Å². The molecular formula is C22H21FN2O. The lowest BCUT2D eigenvalue weighted by molar-refractivity contribution is -0.115. The quantitative estimate of drug-likeness (QED) is 0.663. The van der Waals surface area contributed by atoms with Gasteiger partial charge in [0.1, 0.15) is 5.82 Å². The zero-order valence-corrected chi connectivity index (χ0v) is 14.6. The molecule has 4 heteroatoms. The van der Waals surface area contributed by atoms with Crippen molar-refractivity contribution in [2.75, 3.05) is 10.6 Å². The van der Waals surface area contributed by atoms with Crippen LogP contribution < -0.4 is 10.6 Å². The van der Waals surface area contributed by atoms with Gasteiger partial charge in [0.05, 0.1) is 6.42 Å². The molecule has 0 fully saturated rings. The fourth-order valence-corrected chi connectivity index (χ4v) is 2.74. The van der Waals surface area contributed by atoms with Crippen molar-refractivity contribution in [2.45, 2.75) is 19.9 Å². The average Bonchev–Trinajstić information content (AvgIpc) is 2.61. The van der Waals surface area contributed by atoms with Crippen LogP contribution in [-0.4, -0.2) is 5.91 Å². The van der Waals surface area contributed by atoms with Crippen molar-refractivity contribution in [3.63, 3.8) is 0 Å². The molecule has 0 radical (unpaired) electrons. The van der Waals surface area contributed by atoms with Crippen molar-refractivity contribution < 1.29 is 9.18 Å². The van der Waals surface area contributed by atoms with Crippen molar-refractivity contribution in [1.29, 1.82) is 0 Å². The summed E-state index contributed by atoms with van der Waals surface area (Å²) in [5, 5.41) is 6.19. The molecule has 0 aromatic heterocycles. The number of aryl methyl sites for hydroxylation is 1. The van der Waals surface area contributed by atoms with Gasteiger partial charge in [0.2, 0.25) is 5.91 Å². The van der Waals surface area contributed by atoms with Gasteiger partial charge in [-0.25, -0.2) is 4.39 Å². The zero-order valence-electron chi connectivity index (χ0n) is 14.6. The monoisotopic (exact) mass is 348 g/mol. The molecule has 3 nitrogen and oxygen atoms in total. The Morgan fingerprint density at radius 3 is 2.31 bits per heavy atom. The van der Waals surface area contributed by atoms with Crippen LogP contribution in [0.3, 0.4) is 0 Å². The Morgan fingerprint density at radius 1 is 0.885 bits per heavy atom. The third kappa shape index (κ3) is 5.18. The van der Waals surface area contributed by atoms with Crippen LogP contribution in [0.2, 0.25) is 0 Å². The smallest absolute Gasteiger partial charge is 0.228 e. The van der Waals surface area contributed by atoms with E-state index < -0.39 is 0 Å². The van der Waals surface area contributed by atoms with Gasteiger partial charge < -0.3 is 10.6 Å². The highest BCUT2D eigenvalue weighted by atomic mass is 19.1. The van der Waals surface area contributed by atoms with Crippen molar-refractivity contribution in [3.05, 3.63) is 95.3 Å². The summed E-state index contributed by atoms with van der Waals surface area (Å²) in [4.78, 5) is 12.1. The maximum absolute atomic E-state index is 13.2. The van der Waals surface area contributed by atoms with E-state index in [4.69, 9.17) is 0 Å². The lowest BCUT2D eigenvalue weighted by Gasteiger charge is -2.09. The number of carbonyl (C=O) groups is 1. The molecule has 2 N–H and O–H groups in total. The number of hydrogen-bond acceptors (Lipinski definition) is 2. The standard InChI is InChI=1S/C22H21FN2O/c1-16-4-2-6-18(12-16)15-24-20-8-10-21(11-9-20)25-22(26)14-17-5-3-7-19(23)13-17/h2-13,24H,14-15H2,1H3,(H,25,26). The summed E-state index contributed by atoms with van der Waals surface area (Å²) >= 11 is 0. The molecule has 0 atom stereocenters. The van der Waals surface area contributed by atoms with Gasteiger partial charge in [0, 0.05) is 17.9 Å². The maximum Gasteiger partial charge on any atom is 0.228 e. The Bertz CT molecular complexity index is 891. The Labute approximate surface area is 152 Å². The summed E-state index contributed by atoms with van der Waals surface area (Å²) in [6, 6.07) is 22.0. The molecule has 0 saturated heterocycles. The summed E-state index contributed by atoms with van der Waals surface area (Å²) in [6.45, 7) is 2.82. The predicted octanol–water partition coefficient (Wildman–Crippen LogP) is 4.93. The van der Waals surface area contributed by atoms with Crippen LogP contribution in [0.4, 0.5) is 15.8 Å². The molecule has 0 saturated carbocycles. The van der Waals surface area contributed by atoms with E-state index in [9.17, 15) is 9.18 Å². The van der Waals surface area contributed by atoms with Gasteiger partial charge in [0.15, 0.2) is 0 Å². The number of rotatable bonds is 6. The molecule has 0 aliphatic carbocycles. The number of halogens is 1. The number of anilines is 2. The van der Waals surface area contributed by atoms with Crippen LogP contribution >= 0.6 is 0 Å². The van der Waals surface area contributed by atoms with Crippen LogP contribution in [0.15, 0.2) is 72.8 Å². The fraction of sp³-hybridized carbons (Fsp3) is 0.136. The highest BCUT2D eigenvalue weighted by Crippen LogP contribution is 2.15. The first-order valence-corrected chi connectivity index (χ1v) is 8.52. The number of hydrogen-bond donors (Lipinski definition) is 2. The minimum Gasteiger partial charge on any atom is -0.381 e. The third-order valence-corrected chi connectivity index (χ3v) is 4.00. The van der Waals surface area contributed by atoms with E-state index >= 15 is 0 Å². The summed E-state index contributed by atoms with van der Waals surface area (Å²) in [5.41, 5.74) is 4.80. The highest BCUT2D eigenvalue weighted by molar-refractivity contribution is 5.92. The Balaban J connectivity index is 1.53. The van der Waals surface area contributed by atoms with E-state index in [-0.39, 0.29) is 18.1 Å². The van der Waals surface area contributed by atoms with E-state index in [0.29, 0.717) is 11.3 Å². The van der Waals surface area contributed by atoms with Gasteiger partial charge in [-0.15, -0.1) is 0 Å². The second-order valence-corrected chi connectivity index (χ2v) is 6.27. The van der Waals surface area contributed by atoms with Crippen molar-refractivity contribution >= 4 is 17.3 Å². The summed E-state index contributed by atoms with van der Waals surface area (Å²) in [6.07, 6.45) is 0.144. The number of nitrogens with one attached hydrogen (secondary N) is 2. The predicted molar refractivity (Wildman–Crippen MR) is 104 cm³/mol. The van der Waals surface area contributed by atoms with Gasteiger partial charge in [-0.3, -0.25) is 4.79 Å². The molecule has 132 valence electrons. The van der Waals surface area contributed by atoms with Crippen LogP contribution in [0.25, 0.3) is 0 Å². The van der Waals surface area contributed by atoms with E-state index in [1.807, 2.05) is 30.3 Å². The van der Waals surface area contributed by atoms with Crippen LogP contribution in [0.1, 0.15) is 16.7 Å². The molecular weight excluding hydrogens is 327 g/mol. The summed E-state index contributed by atoms with van der Waals surface area (Å²) in [5.74, 6) is -0.504. The van der Waals surface area contributed by atoms with Crippen LogP contribution in [0.5, 0.6) is 0 Å². The van der Waals surface area contributed by atoms with Crippen LogP contribution in [-0.2, 0) is 17.8 Å². The molecule has 0 heterocycles. The Hall–Kier alpha value is -3.14. The molecule has 3 rings (SSSR count). The van der Waals surface area contributed by atoms with Gasteiger partial charge in [-0.05, 0) is 54.4 Å². The molecule has 0 spiro atoms. The molecule has 26 heavy (non-hydrogen) atoms. The van der Waals surface area contributed by atoms with Crippen molar-refractivity contribution in [1.82, 2.24) is 0 Å². The Morgan fingerprint density at radius 2 is 1.58 bits per heavy atom. The topological polar surface area (TPSA) is 41.1 Å². The Kier molecular flexibility index (Phi) is 5.64. The maximum atomic E-state index is 13.2. The fourth-order valence-electron chi connectivity index (χ4n) is 2.74. The molecule has 0 unspecified atom stereocenters. The first-order valence-electron chi connectivity index (χ1n) is 8.52. The molecule has 1 amide bonds. The number of benzene rings is 3. The largest absolute Gasteiger partial charge is 0.381 e. The molecule has 0 aliphatic heterocycles. The molecule has 3 aromatic carbocycles. The number of carbonyl (C=O) groups excluding carboxylic acids is 1. The molecule has 3 aromatic rings. The highest BCUT2D eigenvalue weighted by Gasteiger charge is 2.05. The minimum atomic E-state index is -0.334. The lowest BCUT2D eigenvalue weighted by atomic mass is 10.1. The van der Waals surface area contributed by atoms with Crippen molar-refractivity contribution in [3.8, 4) is 0 Å². The second-order valence-electron chi connectivity index (χ2n) is 6.27. The molecule has 0 bridgehead atoms. The van der Waals surface area contributed by atoms with Gasteiger partial charge in [0.25, 0.3) is 0 Å².